The van der Waals surface area contributed by atoms with Gasteiger partial charge in [-0.05, 0) is 30.7 Å². The Morgan fingerprint density at radius 3 is 2.56 bits per heavy atom. The first kappa shape index (κ1) is 21.4. The minimum Gasteiger partial charge on any atom is -0.378 e. The van der Waals surface area contributed by atoms with Gasteiger partial charge in [0.1, 0.15) is 0 Å². The molecule has 0 spiro atoms. The number of aromatic nitrogens is 3. The maximum atomic E-state index is 13.0. The number of hydrogen-bond donors (Lipinski definition) is 0. The highest BCUT2D eigenvalue weighted by atomic mass is 16.6. The molecule has 2 aromatic carbocycles. The van der Waals surface area contributed by atoms with E-state index in [1.54, 1.807) is 31.0 Å². The first-order valence-electron chi connectivity index (χ1n) is 10.3. The van der Waals surface area contributed by atoms with Gasteiger partial charge in [0.25, 0.3) is 11.6 Å². The molecule has 2 heterocycles. The van der Waals surface area contributed by atoms with Gasteiger partial charge in [-0.2, -0.15) is 0 Å². The number of carbonyl (C=O) groups is 1. The van der Waals surface area contributed by atoms with Gasteiger partial charge >= 0.3 is 0 Å². The Morgan fingerprint density at radius 2 is 1.88 bits per heavy atom. The van der Waals surface area contributed by atoms with E-state index < -0.39 is 4.92 Å². The fourth-order valence-corrected chi connectivity index (χ4v) is 3.67. The Hall–Kier alpha value is -3.79. The van der Waals surface area contributed by atoms with Crippen LogP contribution in [0.1, 0.15) is 21.7 Å². The molecule has 0 unspecified atom stereocenters. The zero-order valence-electron chi connectivity index (χ0n) is 18.0. The summed E-state index contributed by atoms with van der Waals surface area (Å²) in [4.78, 5) is 27.4. The Balaban J connectivity index is 1.46. The molecule has 1 saturated heterocycles. The molecule has 4 rings (SSSR count). The van der Waals surface area contributed by atoms with Gasteiger partial charge in [-0.25, -0.2) is 4.68 Å². The lowest BCUT2D eigenvalue weighted by atomic mass is 10.1. The third-order valence-electron chi connectivity index (χ3n) is 5.46. The predicted molar refractivity (Wildman–Crippen MR) is 118 cm³/mol. The van der Waals surface area contributed by atoms with Crippen LogP contribution in [0.5, 0.6) is 0 Å². The van der Waals surface area contributed by atoms with E-state index in [-0.39, 0.29) is 17.3 Å². The van der Waals surface area contributed by atoms with Crippen molar-refractivity contribution in [3.05, 3.63) is 75.6 Å². The third-order valence-corrected chi connectivity index (χ3v) is 5.46. The van der Waals surface area contributed by atoms with Gasteiger partial charge in [-0.1, -0.05) is 23.4 Å². The van der Waals surface area contributed by atoms with Crippen LogP contribution in [0.2, 0.25) is 0 Å². The van der Waals surface area contributed by atoms with Crippen molar-refractivity contribution in [2.75, 3.05) is 38.3 Å². The molecule has 0 atom stereocenters. The molecule has 1 aromatic heterocycles. The van der Waals surface area contributed by atoms with E-state index in [1.807, 2.05) is 12.1 Å². The molecule has 1 aliphatic rings. The lowest BCUT2D eigenvalue weighted by Crippen LogP contribution is -2.36. The lowest BCUT2D eigenvalue weighted by Gasteiger charge is -2.29. The van der Waals surface area contributed by atoms with Crippen molar-refractivity contribution in [1.29, 1.82) is 0 Å². The third kappa shape index (κ3) is 4.45. The Kier molecular flexibility index (Phi) is 6.13. The highest BCUT2D eigenvalue weighted by Crippen LogP contribution is 2.20. The Bertz CT molecular complexity index is 1120. The molecule has 32 heavy (non-hydrogen) atoms. The number of nitro groups is 1. The zero-order chi connectivity index (χ0) is 22.7. The van der Waals surface area contributed by atoms with Crippen LogP contribution in [0, 0.1) is 17.0 Å². The van der Waals surface area contributed by atoms with Crippen molar-refractivity contribution < 1.29 is 14.5 Å². The summed E-state index contributed by atoms with van der Waals surface area (Å²) >= 11 is 0. The summed E-state index contributed by atoms with van der Waals surface area (Å²) in [6.07, 6.45) is 0. The van der Waals surface area contributed by atoms with Crippen LogP contribution < -0.4 is 4.90 Å². The van der Waals surface area contributed by atoms with Gasteiger partial charge in [0, 0.05) is 44.5 Å². The number of hydrogen-bond acceptors (Lipinski definition) is 7. The lowest BCUT2D eigenvalue weighted by molar-refractivity contribution is -0.384. The molecular formula is C22H24N6O4. The number of ether oxygens (including phenoxy) is 1. The summed E-state index contributed by atoms with van der Waals surface area (Å²) in [6.45, 7) is 5.35. The summed E-state index contributed by atoms with van der Waals surface area (Å²) in [6, 6.07) is 14.2. The SMILES string of the molecule is Cc1c(C(=O)N(C)Cc2ccc(N3CCOCC3)cc2)nnn1-c1cccc([N+](=O)[O-])c1. The smallest absolute Gasteiger partial charge is 0.276 e. The molecule has 3 aromatic rings. The first-order chi connectivity index (χ1) is 15.4. The van der Waals surface area contributed by atoms with Crippen LogP contribution >= 0.6 is 0 Å². The van der Waals surface area contributed by atoms with Crippen molar-refractivity contribution in [3.63, 3.8) is 0 Å². The first-order valence-corrected chi connectivity index (χ1v) is 10.3. The van der Waals surface area contributed by atoms with Crippen LogP contribution in [0.4, 0.5) is 11.4 Å². The highest BCUT2D eigenvalue weighted by Gasteiger charge is 2.22. The van der Waals surface area contributed by atoms with E-state index in [2.05, 4.69) is 27.3 Å². The molecule has 0 radical (unpaired) electrons. The summed E-state index contributed by atoms with van der Waals surface area (Å²) < 4.78 is 6.83. The number of nitrogens with zero attached hydrogens (tertiary/aromatic N) is 6. The zero-order valence-corrected chi connectivity index (χ0v) is 18.0. The number of amides is 1. The number of non-ortho nitro benzene ring substituents is 1. The predicted octanol–water partition coefficient (Wildman–Crippen LogP) is 2.59. The van der Waals surface area contributed by atoms with E-state index in [1.165, 1.54) is 16.8 Å². The van der Waals surface area contributed by atoms with Crippen LogP contribution in [0.3, 0.4) is 0 Å². The van der Waals surface area contributed by atoms with E-state index in [0.717, 1.165) is 37.6 Å². The highest BCUT2D eigenvalue weighted by molar-refractivity contribution is 5.93. The minimum atomic E-state index is -0.472. The van der Waals surface area contributed by atoms with Crippen molar-refractivity contribution >= 4 is 17.3 Å². The summed E-state index contributed by atoms with van der Waals surface area (Å²) in [5, 5.41) is 19.1. The number of rotatable bonds is 6. The fraction of sp³-hybridized carbons (Fsp3) is 0.318. The van der Waals surface area contributed by atoms with Gasteiger partial charge in [0.15, 0.2) is 5.69 Å². The average Bonchev–Trinajstić information content (AvgIpc) is 3.20. The maximum Gasteiger partial charge on any atom is 0.276 e. The second kappa shape index (κ2) is 9.15. The largest absolute Gasteiger partial charge is 0.378 e. The monoisotopic (exact) mass is 436 g/mol. The topological polar surface area (TPSA) is 107 Å². The van der Waals surface area contributed by atoms with Gasteiger partial charge in [-0.3, -0.25) is 14.9 Å². The second-order valence-corrected chi connectivity index (χ2v) is 7.64. The molecule has 0 N–H and O–H groups in total. The molecule has 166 valence electrons. The van der Waals surface area contributed by atoms with Crippen LogP contribution in [0.25, 0.3) is 5.69 Å². The molecule has 0 bridgehead atoms. The van der Waals surface area contributed by atoms with Gasteiger partial charge in [-0.15, -0.1) is 5.10 Å². The molecule has 0 saturated carbocycles. The normalized spacial score (nSPS) is 13.8. The van der Waals surface area contributed by atoms with Crippen LogP contribution in [-0.2, 0) is 11.3 Å². The van der Waals surface area contributed by atoms with Gasteiger partial charge in [0.2, 0.25) is 0 Å². The second-order valence-electron chi connectivity index (χ2n) is 7.64. The van der Waals surface area contributed by atoms with Crippen LogP contribution in [0.15, 0.2) is 48.5 Å². The van der Waals surface area contributed by atoms with Gasteiger partial charge < -0.3 is 14.5 Å². The number of carbonyl (C=O) groups excluding carboxylic acids is 1. The Morgan fingerprint density at radius 1 is 1.16 bits per heavy atom. The maximum absolute atomic E-state index is 13.0. The fourth-order valence-electron chi connectivity index (χ4n) is 3.67. The molecular weight excluding hydrogens is 412 g/mol. The summed E-state index contributed by atoms with van der Waals surface area (Å²) in [5.74, 6) is -0.267. The number of benzene rings is 2. The van der Waals surface area contributed by atoms with E-state index in [0.29, 0.717) is 17.9 Å². The van der Waals surface area contributed by atoms with Crippen molar-refractivity contribution in [2.45, 2.75) is 13.5 Å². The quantitative estimate of drug-likeness (QED) is 0.432. The van der Waals surface area contributed by atoms with Crippen molar-refractivity contribution in [1.82, 2.24) is 19.9 Å². The minimum absolute atomic E-state index is 0.0529. The molecule has 10 nitrogen and oxygen atoms in total. The summed E-state index contributed by atoms with van der Waals surface area (Å²) in [7, 11) is 1.71. The number of morpholine rings is 1. The molecule has 1 aliphatic heterocycles. The molecule has 0 aliphatic carbocycles. The number of anilines is 1. The van der Waals surface area contributed by atoms with Crippen LogP contribution in [-0.4, -0.2) is 64.1 Å². The average molecular weight is 436 g/mol. The van der Waals surface area contributed by atoms with E-state index >= 15 is 0 Å². The van der Waals surface area contributed by atoms with E-state index in [9.17, 15) is 14.9 Å². The van der Waals surface area contributed by atoms with Crippen molar-refractivity contribution in [3.8, 4) is 5.69 Å². The Labute approximate surface area is 185 Å². The van der Waals surface area contributed by atoms with Gasteiger partial charge in [0.05, 0.1) is 29.5 Å². The standard InChI is InChI=1S/C22H24N6O4/c1-16-21(23-24-27(16)19-4-3-5-20(14-19)28(30)31)22(29)25(2)15-17-6-8-18(9-7-17)26-10-12-32-13-11-26/h3-9,14H,10-13,15H2,1-2H3. The molecule has 1 fully saturated rings. The number of nitro benzene ring substituents is 1. The summed E-state index contributed by atoms with van der Waals surface area (Å²) in [5.41, 5.74) is 3.30. The van der Waals surface area contributed by atoms with Crippen molar-refractivity contribution in [2.24, 2.45) is 0 Å². The van der Waals surface area contributed by atoms with E-state index in [4.69, 9.17) is 4.74 Å². The molecule has 10 heteroatoms. The molecule has 1 amide bonds.